The Morgan fingerprint density at radius 2 is 1.85 bits per heavy atom. The van der Waals surface area contributed by atoms with Crippen LogP contribution in [0.5, 0.6) is 5.75 Å². The van der Waals surface area contributed by atoms with Gasteiger partial charge in [-0.15, -0.1) is 0 Å². The molecule has 0 heterocycles. The largest absolute Gasteiger partial charge is 0.507 e. The zero-order valence-electron chi connectivity index (χ0n) is 8.09. The fourth-order valence-corrected chi connectivity index (χ4v) is 1.28. The molecule has 0 saturated carbocycles. The molecule has 3 N–H and O–H groups in total. The minimum atomic E-state index is 0.355. The zero-order valence-corrected chi connectivity index (χ0v) is 8.09. The van der Waals surface area contributed by atoms with Crippen LogP contribution in [0.15, 0.2) is 18.7 Å². The van der Waals surface area contributed by atoms with Crippen LogP contribution in [0.2, 0.25) is 0 Å². The van der Waals surface area contributed by atoms with E-state index in [0.29, 0.717) is 12.3 Å². The molecule has 2 heteroatoms. The van der Waals surface area contributed by atoms with Gasteiger partial charge in [0.1, 0.15) is 5.75 Å². The van der Waals surface area contributed by atoms with E-state index in [0.717, 1.165) is 22.3 Å². The van der Waals surface area contributed by atoms with E-state index < -0.39 is 0 Å². The van der Waals surface area contributed by atoms with Crippen molar-refractivity contribution < 1.29 is 5.11 Å². The van der Waals surface area contributed by atoms with Crippen molar-refractivity contribution in [3.05, 3.63) is 35.4 Å². The van der Waals surface area contributed by atoms with Crippen LogP contribution < -0.4 is 5.73 Å². The van der Waals surface area contributed by atoms with Gasteiger partial charge in [0.15, 0.2) is 0 Å². The number of aromatic hydroxyl groups is 1. The first-order valence-corrected chi connectivity index (χ1v) is 4.24. The highest BCUT2D eigenvalue weighted by Gasteiger charge is 2.04. The topological polar surface area (TPSA) is 46.2 Å². The van der Waals surface area contributed by atoms with Crippen molar-refractivity contribution in [3.8, 4) is 5.75 Å². The average Bonchev–Trinajstić information content (AvgIpc) is 2.12. The van der Waals surface area contributed by atoms with Gasteiger partial charge in [0.25, 0.3) is 0 Å². The quantitative estimate of drug-likeness (QED) is 0.725. The van der Waals surface area contributed by atoms with Crippen molar-refractivity contribution in [1.82, 2.24) is 0 Å². The van der Waals surface area contributed by atoms with Gasteiger partial charge in [0.05, 0.1) is 0 Å². The molecule has 0 saturated heterocycles. The number of hydrogen-bond acceptors (Lipinski definition) is 2. The summed E-state index contributed by atoms with van der Waals surface area (Å²) in [6.07, 6.45) is 0. The fourth-order valence-electron chi connectivity index (χ4n) is 1.28. The molecule has 0 bridgehead atoms. The van der Waals surface area contributed by atoms with E-state index in [-0.39, 0.29) is 0 Å². The van der Waals surface area contributed by atoms with Gasteiger partial charge in [0, 0.05) is 6.54 Å². The Bertz CT molecular complexity index is 319. The Hall–Kier alpha value is -1.28. The number of benzene rings is 1. The van der Waals surface area contributed by atoms with Crippen LogP contribution in [0.1, 0.15) is 16.7 Å². The second-order valence-electron chi connectivity index (χ2n) is 3.27. The first-order chi connectivity index (χ1) is 6.06. The van der Waals surface area contributed by atoms with Crippen LogP contribution >= 0.6 is 0 Å². The SMILES string of the molecule is C=C(CN)c1cc(C)c(O)c(C)c1. The Labute approximate surface area is 78.7 Å². The highest BCUT2D eigenvalue weighted by Crippen LogP contribution is 2.25. The van der Waals surface area contributed by atoms with Gasteiger partial charge in [-0.1, -0.05) is 6.58 Å². The molecule has 0 aliphatic heterocycles. The Balaban J connectivity index is 3.20. The molecule has 0 atom stereocenters. The van der Waals surface area contributed by atoms with Gasteiger partial charge in [-0.3, -0.25) is 0 Å². The van der Waals surface area contributed by atoms with Crippen molar-refractivity contribution in [1.29, 1.82) is 0 Å². The first kappa shape index (κ1) is 9.81. The summed E-state index contributed by atoms with van der Waals surface area (Å²) in [5.74, 6) is 0.355. The van der Waals surface area contributed by atoms with Crippen LogP contribution in [0.4, 0.5) is 0 Å². The molecule has 13 heavy (non-hydrogen) atoms. The van der Waals surface area contributed by atoms with Gasteiger partial charge >= 0.3 is 0 Å². The van der Waals surface area contributed by atoms with E-state index >= 15 is 0 Å². The predicted octanol–water partition coefficient (Wildman–Crippen LogP) is 1.98. The minimum absolute atomic E-state index is 0.355. The van der Waals surface area contributed by atoms with Gasteiger partial charge < -0.3 is 10.8 Å². The molecule has 0 radical (unpaired) electrons. The lowest BCUT2D eigenvalue weighted by Crippen LogP contribution is -2.01. The molecular formula is C11H15NO. The molecule has 1 aromatic rings. The lowest BCUT2D eigenvalue weighted by molar-refractivity contribution is 0.467. The molecule has 1 rings (SSSR count). The second-order valence-corrected chi connectivity index (χ2v) is 3.27. The lowest BCUT2D eigenvalue weighted by Gasteiger charge is -2.08. The molecule has 0 unspecified atom stereocenters. The fraction of sp³-hybridized carbons (Fsp3) is 0.273. The maximum absolute atomic E-state index is 9.52. The smallest absolute Gasteiger partial charge is 0.121 e. The van der Waals surface area contributed by atoms with Crippen molar-refractivity contribution >= 4 is 5.57 Å². The number of rotatable bonds is 2. The minimum Gasteiger partial charge on any atom is -0.507 e. The third-order valence-corrected chi connectivity index (χ3v) is 2.15. The van der Waals surface area contributed by atoms with Gasteiger partial charge in [-0.05, 0) is 48.2 Å². The Morgan fingerprint density at radius 1 is 1.38 bits per heavy atom. The van der Waals surface area contributed by atoms with Gasteiger partial charge in [-0.2, -0.15) is 0 Å². The predicted molar refractivity (Wildman–Crippen MR) is 55.7 cm³/mol. The zero-order chi connectivity index (χ0) is 10.0. The van der Waals surface area contributed by atoms with Crippen LogP contribution in [0, 0.1) is 13.8 Å². The first-order valence-electron chi connectivity index (χ1n) is 4.24. The van der Waals surface area contributed by atoms with Crippen LogP contribution in [0.3, 0.4) is 0 Å². The summed E-state index contributed by atoms with van der Waals surface area (Å²) in [7, 11) is 0. The highest BCUT2D eigenvalue weighted by molar-refractivity contribution is 5.67. The third-order valence-electron chi connectivity index (χ3n) is 2.15. The molecule has 1 aromatic carbocycles. The lowest BCUT2D eigenvalue weighted by atomic mass is 10.0. The highest BCUT2D eigenvalue weighted by atomic mass is 16.3. The molecule has 0 spiro atoms. The summed E-state index contributed by atoms with van der Waals surface area (Å²) >= 11 is 0. The maximum atomic E-state index is 9.52. The molecular weight excluding hydrogens is 162 g/mol. The van der Waals surface area contributed by atoms with E-state index in [1.807, 2.05) is 26.0 Å². The van der Waals surface area contributed by atoms with E-state index in [2.05, 4.69) is 6.58 Å². The van der Waals surface area contributed by atoms with Crippen LogP contribution in [0.25, 0.3) is 5.57 Å². The van der Waals surface area contributed by atoms with Crippen LogP contribution in [-0.2, 0) is 0 Å². The van der Waals surface area contributed by atoms with Crippen molar-refractivity contribution in [3.63, 3.8) is 0 Å². The van der Waals surface area contributed by atoms with Crippen molar-refractivity contribution in [2.75, 3.05) is 6.54 Å². The van der Waals surface area contributed by atoms with Crippen molar-refractivity contribution in [2.45, 2.75) is 13.8 Å². The Kier molecular flexibility index (Phi) is 2.73. The van der Waals surface area contributed by atoms with E-state index in [9.17, 15) is 5.11 Å². The maximum Gasteiger partial charge on any atom is 0.121 e. The summed E-state index contributed by atoms with van der Waals surface area (Å²) in [6, 6.07) is 3.80. The summed E-state index contributed by atoms with van der Waals surface area (Å²) in [5.41, 5.74) is 9.12. The van der Waals surface area contributed by atoms with Crippen molar-refractivity contribution in [2.24, 2.45) is 5.73 Å². The summed E-state index contributed by atoms with van der Waals surface area (Å²) in [5, 5.41) is 9.52. The molecule has 2 nitrogen and oxygen atoms in total. The molecule has 0 aliphatic rings. The third kappa shape index (κ3) is 1.90. The molecule has 0 fully saturated rings. The number of hydrogen-bond donors (Lipinski definition) is 2. The molecule has 70 valence electrons. The van der Waals surface area contributed by atoms with Gasteiger partial charge in [-0.25, -0.2) is 0 Å². The number of nitrogens with two attached hydrogens (primary N) is 1. The van der Waals surface area contributed by atoms with E-state index in [1.54, 1.807) is 0 Å². The molecule has 0 aliphatic carbocycles. The number of phenols is 1. The summed E-state index contributed by atoms with van der Waals surface area (Å²) in [4.78, 5) is 0. The second kappa shape index (κ2) is 3.62. The number of phenolic OH excluding ortho intramolecular Hbond substituents is 1. The normalized spacial score (nSPS) is 10.1. The summed E-state index contributed by atoms with van der Waals surface area (Å²) in [6.45, 7) is 8.04. The van der Waals surface area contributed by atoms with Crippen LogP contribution in [-0.4, -0.2) is 11.7 Å². The van der Waals surface area contributed by atoms with Gasteiger partial charge in [0.2, 0.25) is 0 Å². The number of aryl methyl sites for hydroxylation is 2. The molecule has 0 amide bonds. The molecule has 0 aromatic heterocycles. The summed E-state index contributed by atoms with van der Waals surface area (Å²) < 4.78 is 0. The van der Waals surface area contributed by atoms with E-state index in [4.69, 9.17) is 5.73 Å². The average molecular weight is 177 g/mol. The standard InChI is InChI=1S/C11H15NO/c1-7-4-10(9(3)6-12)5-8(2)11(7)13/h4-5,13H,3,6,12H2,1-2H3. The van der Waals surface area contributed by atoms with E-state index in [1.165, 1.54) is 0 Å². The Morgan fingerprint density at radius 3 is 2.23 bits per heavy atom. The monoisotopic (exact) mass is 177 g/mol.